The fourth-order valence-electron chi connectivity index (χ4n) is 2.20. The summed E-state index contributed by atoms with van der Waals surface area (Å²) in [6, 6.07) is 15.7. The Morgan fingerprint density at radius 2 is 1.76 bits per heavy atom. The Bertz CT molecular complexity index is 711. The molecule has 0 unspecified atom stereocenters. The van der Waals surface area contributed by atoms with Gasteiger partial charge in [-0.3, -0.25) is 0 Å². The molecule has 0 aliphatic heterocycles. The second-order valence-corrected chi connectivity index (χ2v) is 7.68. The number of hydrogen-bond donors (Lipinski definition) is 0. The lowest BCUT2D eigenvalue weighted by Crippen LogP contribution is -2.34. The highest BCUT2D eigenvalue weighted by Crippen LogP contribution is 2.29. The van der Waals surface area contributed by atoms with Gasteiger partial charge in [-0.1, -0.05) is 52.3 Å². The average Bonchev–Trinajstić information content (AvgIpc) is 2.54. The van der Waals surface area contributed by atoms with Crippen molar-refractivity contribution in [1.29, 1.82) is 0 Å². The van der Waals surface area contributed by atoms with Gasteiger partial charge in [-0.15, -0.1) is 0 Å². The number of benzene rings is 2. The third-order valence-corrected chi connectivity index (χ3v) is 4.16. The number of hydrogen-bond acceptors (Lipinski definition) is 3. The molecular formula is C20H24BrNO3. The third kappa shape index (κ3) is 6.09. The highest BCUT2D eigenvalue weighted by atomic mass is 79.9. The first-order valence-electron chi connectivity index (χ1n) is 8.14. The molecule has 2 aromatic carbocycles. The Kier molecular flexibility index (Phi) is 6.48. The number of halogens is 1. The fraction of sp³-hybridized carbons (Fsp3) is 0.350. The summed E-state index contributed by atoms with van der Waals surface area (Å²) >= 11 is 3.55. The monoisotopic (exact) mass is 405 g/mol. The lowest BCUT2D eigenvalue weighted by Gasteiger charge is -2.25. The van der Waals surface area contributed by atoms with E-state index in [0.29, 0.717) is 13.2 Å². The van der Waals surface area contributed by atoms with Crippen LogP contribution in [0.15, 0.2) is 53.0 Å². The zero-order valence-electron chi connectivity index (χ0n) is 15.1. The highest BCUT2D eigenvalue weighted by molar-refractivity contribution is 9.10. The zero-order chi connectivity index (χ0) is 18.4. The van der Waals surface area contributed by atoms with Crippen LogP contribution in [-0.2, 0) is 17.9 Å². The van der Waals surface area contributed by atoms with Gasteiger partial charge >= 0.3 is 6.09 Å². The van der Waals surface area contributed by atoms with E-state index >= 15 is 0 Å². The Hall–Kier alpha value is -2.01. The summed E-state index contributed by atoms with van der Waals surface area (Å²) in [6.45, 7) is 6.42. The van der Waals surface area contributed by atoms with Crippen molar-refractivity contribution in [1.82, 2.24) is 4.90 Å². The lowest BCUT2D eigenvalue weighted by atomic mass is 10.2. The number of ether oxygens (including phenoxy) is 2. The van der Waals surface area contributed by atoms with Crippen LogP contribution in [0.3, 0.4) is 0 Å². The Morgan fingerprint density at radius 1 is 1.08 bits per heavy atom. The summed E-state index contributed by atoms with van der Waals surface area (Å²) < 4.78 is 12.3. The zero-order valence-corrected chi connectivity index (χ0v) is 16.7. The molecule has 1 amide bonds. The summed E-state index contributed by atoms with van der Waals surface area (Å²) in [6.07, 6.45) is -0.364. The van der Waals surface area contributed by atoms with Gasteiger partial charge in [0, 0.05) is 17.1 Å². The van der Waals surface area contributed by atoms with Gasteiger partial charge in [0.1, 0.15) is 18.0 Å². The molecule has 0 atom stereocenters. The topological polar surface area (TPSA) is 38.8 Å². The van der Waals surface area contributed by atoms with Gasteiger partial charge in [-0.25, -0.2) is 4.79 Å². The first-order valence-corrected chi connectivity index (χ1v) is 8.94. The lowest BCUT2D eigenvalue weighted by molar-refractivity contribution is 0.0283. The van der Waals surface area contributed by atoms with Crippen molar-refractivity contribution in [2.75, 3.05) is 7.05 Å². The summed E-state index contributed by atoms with van der Waals surface area (Å²) in [4.78, 5) is 13.8. The average molecular weight is 406 g/mol. The van der Waals surface area contributed by atoms with Crippen molar-refractivity contribution in [2.45, 2.75) is 39.5 Å². The molecule has 0 heterocycles. The third-order valence-electron chi connectivity index (χ3n) is 3.41. The van der Waals surface area contributed by atoms with Crippen LogP contribution in [0.2, 0.25) is 0 Å². The molecule has 0 saturated heterocycles. The molecule has 0 aliphatic rings. The molecule has 2 rings (SSSR count). The number of rotatable bonds is 5. The normalized spacial score (nSPS) is 11.1. The Balaban J connectivity index is 2.10. The van der Waals surface area contributed by atoms with Crippen LogP contribution in [0.25, 0.3) is 0 Å². The molecule has 0 radical (unpaired) electrons. The standard InChI is InChI=1S/C20H24BrNO3/c1-20(2,3)25-19(23)22(4)13-16-17(21)11-8-12-18(16)24-14-15-9-6-5-7-10-15/h5-12H,13-14H2,1-4H3. The largest absolute Gasteiger partial charge is 0.489 e. The minimum atomic E-state index is -0.522. The van der Waals surface area contributed by atoms with Crippen molar-refractivity contribution in [3.05, 3.63) is 64.1 Å². The molecule has 5 heteroatoms. The SMILES string of the molecule is CN(Cc1c(Br)cccc1OCc1ccccc1)C(=O)OC(C)(C)C. The summed E-state index contributed by atoms with van der Waals surface area (Å²) in [5.74, 6) is 0.744. The minimum absolute atomic E-state index is 0.364. The molecule has 0 aliphatic carbocycles. The predicted octanol–water partition coefficient (Wildman–Crippen LogP) is 5.40. The summed E-state index contributed by atoms with van der Waals surface area (Å²) in [5, 5.41) is 0. The van der Waals surface area contributed by atoms with E-state index in [0.717, 1.165) is 21.3 Å². The van der Waals surface area contributed by atoms with E-state index in [2.05, 4.69) is 15.9 Å². The quantitative estimate of drug-likeness (QED) is 0.668. The number of carbonyl (C=O) groups is 1. The Morgan fingerprint density at radius 3 is 2.40 bits per heavy atom. The molecule has 0 spiro atoms. The maximum Gasteiger partial charge on any atom is 0.410 e. The van der Waals surface area contributed by atoms with E-state index < -0.39 is 5.60 Å². The predicted molar refractivity (Wildman–Crippen MR) is 103 cm³/mol. The van der Waals surface area contributed by atoms with E-state index in [4.69, 9.17) is 9.47 Å². The van der Waals surface area contributed by atoms with E-state index in [-0.39, 0.29) is 6.09 Å². The molecule has 0 fully saturated rings. The number of nitrogens with zero attached hydrogens (tertiary/aromatic N) is 1. The first-order chi connectivity index (χ1) is 11.8. The minimum Gasteiger partial charge on any atom is -0.489 e. The van der Waals surface area contributed by atoms with Crippen LogP contribution in [-0.4, -0.2) is 23.6 Å². The first kappa shape index (κ1) is 19.3. The van der Waals surface area contributed by atoms with Crippen molar-refractivity contribution in [3.8, 4) is 5.75 Å². The molecule has 0 N–H and O–H groups in total. The maximum absolute atomic E-state index is 12.2. The van der Waals surface area contributed by atoms with Crippen LogP contribution >= 0.6 is 15.9 Å². The van der Waals surface area contributed by atoms with Crippen molar-refractivity contribution < 1.29 is 14.3 Å². The molecule has 0 saturated carbocycles. The van der Waals surface area contributed by atoms with Crippen LogP contribution in [0.4, 0.5) is 4.79 Å². The van der Waals surface area contributed by atoms with Crippen LogP contribution in [0.5, 0.6) is 5.75 Å². The highest BCUT2D eigenvalue weighted by Gasteiger charge is 2.21. The van der Waals surface area contributed by atoms with Crippen LogP contribution in [0.1, 0.15) is 31.9 Å². The second-order valence-electron chi connectivity index (χ2n) is 6.83. The van der Waals surface area contributed by atoms with Crippen LogP contribution < -0.4 is 4.74 Å². The molecule has 0 bridgehead atoms. The molecular weight excluding hydrogens is 382 g/mol. The van der Waals surface area contributed by atoms with Gasteiger partial charge in [0.2, 0.25) is 0 Å². The van der Waals surface area contributed by atoms with E-state index in [1.165, 1.54) is 0 Å². The van der Waals surface area contributed by atoms with Gasteiger partial charge in [0.15, 0.2) is 0 Å². The van der Waals surface area contributed by atoms with Gasteiger partial charge in [-0.2, -0.15) is 0 Å². The molecule has 2 aromatic rings. The second kappa shape index (κ2) is 8.39. The van der Waals surface area contributed by atoms with Crippen molar-refractivity contribution in [2.24, 2.45) is 0 Å². The molecule has 134 valence electrons. The van der Waals surface area contributed by atoms with E-state index in [1.807, 2.05) is 69.3 Å². The van der Waals surface area contributed by atoms with Gasteiger partial charge in [0.25, 0.3) is 0 Å². The smallest absolute Gasteiger partial charge is 0.410 e. The fourth-order valence-corrected chi connectivity index (χ4v) is 2.68. The van der Waals surface area contributed by atoms with Crippen molar-refractivity contribution in [3.63, 3.8) is 0 Å². The maximum atomic E-state index is 12.2. The van der Waals surface area contributed by atoms with Gasteiger partial charge in [0.05, 0.1) is 6.54 Å². The van der Waals surface area contributed by atoms with Gasteiger partial charge in [-0.05, 0) is 38.5 Å². The van der Waals surface area contributed by atoms with E-state index in [1.54, 1.807) is 11.9 Å². The number of carbonyl (C=O) groups excluding carboxylic acids is 1. The number of amides is 1. The van der Waals surface area contributed by atoms with E-state index in [9.17, 15) is 4.79 Å². The molecule has 4 nitrogen and oxygen atoms in total. The van der Waals surface area contributed by atoms with Crippen molar-refractivity contribution >= 4 is 22.0 Å². The van der Waals surface area contributed by atoms with Gasteiger partial charge < -0.3 is 14.4 Å². The molecule has 0 aromatic heterocycles. The van der Waals surface area contributed by atoms with Crippen LogP contribution in [0, 0.1) is 0 Å². The summed E-state index contributed by atoms with van der Waals surface area (Å²) in [7, 11) is 1.72. The summed E-state index contributed by atoms with van der Waals surface area (Å²) in [5.41, 5.74) is 1.48. The molecule has 25 heavy (non-hydrogen) atoms. The Labute approximate surface area is 157 Å².